The molecule has 0 saturated heterocycles. The lowest BCUT2D eigenvalue weighted by Crippen LogP contribution is -2.23. The highest BCUT2D eigenvalue weighted by Crippen LogP contribution is 2.31. The van der Waals surface area contributed by atoms with E-state index in [1.54, 1.807) is 7.11 Å². The molecule has 4 nitrogen and oxygen atoms in total. The lowest BCUT2D eigenvalue weighted by molar-refractivity contribution is -0.114. The highest BCUT2D eigenvalue weighted by atomic mass is 16.5. The van der Waals surface area contributed by atoms with Gasteiger partial charge in [0.05, 0.1) is 19.3 Å². The van der Waals surface area contributed by atoms with Gasteiger partial charge in [0.1, 0.15) is 5.75 Å². The second-order valence-corrected chi connectivity index (χ2v) is 7.73. The first kappa shape index (κ1) is 20.8. The van der Waals surface area contributed by atoms with Gasteiger partial charge in [-0.05, 0) is 47.1 Å². The summed E-state index contributed by atoms with van der Waals surface area (Å²) in [7, 11) is 1.64. The van der Waals surface area contributed by atoms with Gasteiger partial charge in [-0.1, -0.05) is 58.9 Å². The Morgan fingerprint density at radius 1 is 1.04 bits per heavy atom. The molecule has 0 spiro atoms. The Kier molecular flexibility index (Phi) is 6.89. The number of anilines is 2. The maximum Gasteiger partial charge on any atom is 0.243 e. The number of aryl methyl sites for hydroxylation is 2. The third kappa shape index (κ3) is 5.25. The minimum atomic E-state index is -0.0613. The van der Waals surface area contributed by atoms with Gasteiger partial charge < -0.3 is 15.4 Å². The van der Waals surface area contributed by atoms with Crippen molar-refractivity contribution in [3.05, 3.63) is 53.1 Å². The standard InChI is InChI=1S/C23H32N2O2/c1-7-16-10-9-11-17(8-2)22(16)25-21(26)15-24-19-14-18(23(3,4)5)12-13-20(19)27-6/h9-14,24H,7-8,15H2,1-6H3,(H,25,26). The number of carbonyl (C=O) groups excluding carboxylic acids is 1. The molecule has 4 heteroatoms. The quantitative estimate of drug-likeness (QED) is 0.709. The van der Waals surface area contributed by atoms with Gasteiger partial charge >= 0.3 is 0 Å². The van der Waals surface area contributed by atoms with Crippen LogP contribution in [0.3, 0.4) is 0 Å². The summed E-state index contributed by atoms with van der Waals surface area (Å²) in [6, 6.07) is 12.3. The molecule has 27 heavy (non-hydrogen) atoms. The van der Waals surface area contributed by atoms with E-state index in [1.807, 2.05) is 6.07 Å². The van der Waals surface area contributed by atoms with E-state index >= 15 is 0 Å². The molecule has 0 atom stereocenters. The van der Waals surface area contributed by atoms with Gasteiger partial charge in [0, 0.05) is 5.69 Å². The van der Waals surface area contributed by atoms with Crippen LogP contribution in [-0.4, -0.2) is 19.6 Å². The number of ether oxygens (including phenoxy) is 1. The van der Waals surface area contributed by atoms with Crippen LogP contribution in [0.2, 0.25) is 0 Å². The second kappa shape index (κ2) is 8.94. The van der Waals surface area contributed by atoms with Gasteiger partial charge in [-0.3, -0.25) is 4.79 Å². The monoisotopic (exact) mass is 368 g/mol. The lowest BCUT2D eigenvalue weighted by atomic mass is 9.87. The molecular weight excluding hydrogens is 336 g/mol. The summed E-state index contributed by atoms with van der Waals surface area (Å²) in [6.45, 7) is 10.9. The molecule has 1 amide bonds. The molecule has 2 aromatic carbocycles. The van der Waals surface area contributed by atoms with E-state index in [-0.39, 0.29) is 17.9 Å². The van der Waals surface area contributed by atoms with E-state index in [9.17, 15) is 4.79 Å². The lowest BCUT2D eigenvalue weighted by Gasteiger charge is -2.21. The van der Waals surface area contributed by atoms with E-state index in [1.165, 1.54) is 5.56 Å². The van der Waals surface area contributed by atoms with Crippen molar-refractivity contribution in [1.29, 1.82) is 0 Å². The minimum Gasteiger partial charge on any atom is -0.495 e. The highest BCUT2D eigenvalue weighted by molar-refractivity contribution is 5.95. The average Bonchev–Trinajstić information content (AvgIpc) is 2.65. The number of hydrogen-bond donors (Lipinski definition) is 2. The van der Waals surface area contributed by atoms with E-state index in [2.05, 4.69) is 75.6 Å². The first-order valence-electron chi connectivity index (χ1n) is 9.63. The zero-order chi connectivity index (χ0) is 20.0. The summed E-state index contributed by atoms with van der Waals surface area (Å²) in [5.41, 5.74) is 5.33. The topological polar surface area (TPSA) is 50.4 Å². The van der Waals surface area contributed by atoms with Crippen molar-refractivity contribution < 1.29 is 9.53 Å². The maximum atomic E-state index is 12.6. The van der Waals surface area contributed by atoms with Gasteiger partial charge in [-0.15, -0.1) is 0 Å². The highest BCUT2D eigenvalue weighted by Gasteiger charge is 2.16. The fraction of sp³-hybridized carbons (Fsp3) is 0.435. The minimum absolute atomic E-state index is 0.0288. The van der Waals surface area contributed by atoms with E-state index in [4.69, 9.17) is 4.74 Å². The number of amides is 1. The summed E-state index contributed by atoms with van der Waals surface area (Å²) in [6.07, 6.45) is 1.77. The van der Waals surface area contributed by atoms with Crippen LogP contribution in [0.4, 0.5) is 11.4 Å². The van der Waals surface area contributed by atoms with Gasteiger partial charge in [-0.25, -0.2) is 0 Å². The summed E-state index contributed by atoms with van der Waals surface area (Å²) in [5.74, 6) is 0.674. The van der Waals surface area contributed by atoms with Crippen LogP contribution in [-0.2, 0) is 23.1 Å². The third-order valence-electron chi connectivity index (χ3n) is 4.77. The van der Waals surface area contributed by atoms with Crippen LogP contribution >= 0.6 is 0 Å². The smallest absolute Gasteiger partial charge is 0.243 e. The zero-order valence-corrected chi connectivity index (χ0v) is 17.4. The Morgan fingerprint density at radius 3 is 2.19 bits per heavy atom. The van der Waals surface area contributed by atoms with Gasteiger partial charge in [0.2, 0.25) is 5.91 Å². The number of hydrogen-bond acceptors (Lipinski definition) is 3. The van der Waals surface area contributed by atoms with Crippen molar-refractivity contribution in [2.75, 3.05) is 24.3 Å². The van der Waals surface area contributed by atoms with Crippen LogP contribution in [0, 0.1) is 0 Å². The first-order chi connectivity index (χ1) is 12.8. The first-order valence-corrected chi connectivity index (χ1v) is 9.63. The molecule has 0 heterocycles. The summed E-state index contributed by atoms with van der Waals surface area (Å²) in [4.78, 5) is 12.6. The molecule has 0 fully saturated rings. The van der Waals surface area contributed by atoms with E-state index < -0.39 is 0 Å². The summed E-state index contributed by atoms with van der Waals surface area (Å²) in [5, 5.41) is 6.33. The van der Waals surface area contributed by atoms with Crippen molar-refractivity contribution in [2.45, 2.75) is 52.9 Å². The number of para-hydroxylation sites is 1. The van der Waals surface area contributed by atoms with E-state index in [0.29, 0.717) is 0 Å². The Balaban J connectivity index is 2.15. The van der Waals surface area contributed by atoms with Gasteiger partial charge in [0.15, 0.2) is 0 Å². The maximum absolute atomic E-state index is 12.6. The predicted octanol–water partition coefficient (Wildman–Crippen LogP) is 5.17. The molecule has 2 aromatic rings. The Labute approximate surface area is 163 Å². The molecule has 0 radical (unpaired) electrons. The molecular formula is C23H32N2O2. The van der Waals surface area contributed by atoms with Crippen LogP contribution in [0.25, 0.3) is 0 Å². The van der Waals surface area contributed by atoms with Crippen molar-refractivity contribution in [3.63, 3.8) is 0 Å². The summed E-state index contributed by atoms with van der Waals surface area (Å²) < 4.78 is 5.44. The molecule has 0 saturated carbocycles. The molecule has 0 unspecified atom stereocenters. The molecule has 0 aliphatic carbocycles. The molecule has 0 bridgehead atoms. The Bertz CT molecular complexity index is 769. The van der Waals surface area contributed by atoms with E-state index in [0.717, 1.165) is 41.1 Å². The number of methoxy groups -OCH3 is 1. The molecule has 146 valence electrons. The Morgan fingerprint density at radius 2 is 1.67 bits per heavy atom. The van der Waals surface area contributed by atoms with Crippen molar-refractivity contribution in [2.24, 2.45) is 0 Å². The zero-order valence-electron chi connectivity index (χ0n) is 17.4. The van der Waals surface area contributed by atoms with Crippen LogP contribution in [0.1, 0.15) is 51.3 Å². The number of benzene rings is 2. The number of nitrogens with one attached hydrogen (secondary N) is 2. The molecule has 0 aliphatic rings. The molecule has 0 aliphatic heterocycles. The van der Waals surface area contributed by atoms with Crippen LogP contribution < -0.4 is 15.4 Å². The number of carbonyl (C=O) groups is 1. The predicted molar refractivity (Wildman–Crippen MR) is 114 cm³/mol. The largest absolute Gasteiger partial charge is 0.495 e. The SMILES string of the molecule is CCc1cccc(CC)c1NC(=O)CNc1cc(C(C)(C)C)ccc1OC. The van der Waals surface area contributed by atoms with Gasteiger partial charge in [-0.2, -0.15) is 0 Å². The second-order valence-electron chi connectivity index (χ2n) is 7.73. The molecule has 2 N–H and O–H groups in total. The van der Waals surface area contributed by atoms with Crippen molar-refractivity contribution >= 4 is 17.3 Å². The molecule has 0 aromatic heterocycles. The fourth-order valence-corrected chi connectivity index (χ4v) is 3.07. The normalized spacial score (nSPS) is 11.2. The summed E-state index contributed by atoms with van der Waals surface area (Å²) >= 11 is 0. The van der Waals surface area contributed by atoms with Gasteiger partial charge in [0.25, 0.3) is 0 Å². The van der Waals surface area contributed by atoms with Crippen LogP contribution in [0.15, 0.2) is 36.4 Å². The van der Waals surface area contributed by atoms with Crippen molar-refractivity contribution in [3.8, 4) is 5.75 Å². The Hall–Kier alpha value is -2.49. The average molecular weight is 369 g/mol. The van der Waals surface area contributed by atoms with Crippen molar-refractivity contribution in [1.82, 2.24) is 0 Å². The number of rotatable bonds is 7. The van der Waals surface area contributed by atoms with Crippen LogP contribution in [0.5, 0.6) is 5.75 Å². The third-order valence-corrected chi connectivity index (χ3v) is 4.77. The fourth-order valence-electron chi connectivity index (χ4n) is 3.07. The molecule has 2 rings (SSSR count).